The van der Waals surface area contributed by atoms with Crippen molar-refractivity contribution in [2.24, 2.45) is 0 Å². The van der Waals surface area contributed by atoms with E-state index in [1.54, 1.807) is 0 Å². The minimum atomic E-state index is -3.74. The third-order valence-corrected chi connectivity index (χ3v) is 6.65. The van der Waals surface area contributed by atoms with Crippen LogP contribution in [0.25, 0.3) is 11.4 Å². The number of hydrogen-bond acceptors (Lipinski definition) is 6. The highest BCUT2D eigenvalue weighted by Crippen LogP contribution is 2.20. The van der Waals surface area contributed by atoms with E-state index >= 15 is 0 Å². The van der Waals surface area contributed by atoms with Crippen LogP contribution >= 0.6 is 0 Å². The topological polar surface area (TPSA) is 102 Å². The molecule has 1 N–H and O–H groups in total. The quantitative estimate of drug-likeness (QED) is 0.829. The predicted octanol–water partition coefficient (Wildman–Crippen LogP) is 2.41. The standard InChI is InChI=1S/C18H23N3O4S/c1-12-7-9-14(10-8-12)17-20-16(25-21-17)11-26(23,24)13(2)18(22)19-15-5-3-4-6-15/h7-10,13,15H,3-6,11H2,1-2H3,(H,19,22)/t13-/m0/s1. The molecule has 1 aliphatic carbocycles. The normalized spacial score (nSPS) is 16.5. The summed E-state index contributed by atoms with van der Waals surface area (Å²) in [5, 5.41) is 5.50. The van der Waals surface area contributed by atoms with Crippen molar-refractivity contribution < 1.29 is 17.7 Å². The van der Waals surface area contributed by atoms with Crippen molar-refractivity contribution in [3.05, 3.63) is 35.7 Å². The van der Waals surface area contributed by atoms with Crippen LogP contribution in [-0.2, 0) is 20.4 Å². The van der Waals surface area contributed by atoms with Crippen LogP contribution in [0.1, 0.15) is 44.1 Å². The van der Waals surface area contributed by atoms with E-state index in [0.29, 0.717) is 5.82 Å². The van der Waals surface area contributed by atoms with Crippen LogP contribution in [0, 0.1) is 6.92 Å². The summed E-state index contributed by atoms with van der Waals surface area (Å²) in [4.78, 5) is 16.4. The van der Waals surface area contributed by atoms with Crippen molar-refractivity contribution in [2.75, 3.05) is 0 Å². The van der Waals surface area contributed by atoms with E-state index in [4.69, 9.17) is 4.52 Å². The molecule has 1 aromatic carbocycles. The number of carbonyl (C=O) groups is 1. The molecule has 1 atom stereocenters. The molecule has 7 nitrogen and oxygen atoms in total. The maximum absolute atomic E-state index is 12.5. The summed E-state index contributed by atoms with van der Waals surface area (Å²) in [5.41, 5.74) is 1.84. The first-order valence-electron chi connectivity index (χ1n) is 8.77. The Morgan fingerprint density at radius 1 is 1.27 bits per heavy atom. The van der Waals surface area contributed by atoms with Gasteiger partial charge in [-0.25, -0.2) is 8.42 Å². The Kier molecular flexibility index (Phi) is 5.41. The minimum absolute atomic E-state index is 0.0129. The van der Waals surface area contributed by atoms with Gasteiger partial charge in [-0.1, -0.05) is 47.8 Å². The van der Waals surface area contributed by atoms with Crippen LogP contribution in [0.2, 0.25) is 0 Å². The highest BCUT2D eigenvalue weighted by Gasteiger charge is 2.32. The Hall–Kier alpha value is -2.22. The van der Waals surface area contributed by atoms with Gasteiger partial charge in [-0.3, -0.25) is 4.79 Å². The van der Waals surface area contributed by atoms with E-state index in [9.17, 15) is 13.2 Å². The number of amides is 1. The number of aryl methyl sites for hydroxylation is 1. The molecule has 0 aliphatic heterocycles. The summed E-state index contributed by atoms with van der Waals surface area (Å²) in [6, 6.07) is 7.60. The Morgan fingerprint density at radius 2 is 1.92 bits per heavy atom. The fourth-order valence-electron chi connectivity index (χ4n) is 2.98. The molecule has 8 heteroatoms. The molecule has 0 radical (unpaired) electrons. The second-order valence-corrected chi connectivity index (χ2v) is 9.14. The van der Waals surface area contributed by atoms with Gasteiger partial charge in [0.15, 0.2) is 9.84 Å². The number of benzene rings is 1. The lowest BCUT2D eigenvalue weighted by atomic mass is 10.1. The van der Waals surface area contributed by atoms with Crippen molar-refractivity contribution in [2.45, 2.75) is 56.6 Å². The molecule has 1 amide bonds. The van der Waals surface area contributed by atoms with Gasteiger partial charge in [0.1, 0.15) is 11.0 Å². The summed E-state index contributed by atoms with van der Waals surface area (Å²) >= 11 is 0. The van der Waals surface area contributed by atoms with Crippen LogP contribution in [0.15, 0.2) is 28.8 Å². The number of aromatic nitrogens is 2. The molecular weight excluding hydrogens is 354 g/mol. The summed E-state index contributed by atoms with van der Waals surface area (Å²) in [5.74, 6) is -0.597. The average molecular weight is 377 g/mol. The van der Waals surface area contributed by atoms with E-state index in [1.165, 1.54) is 6.92 Å². The maximum atomic E-state index is 12.5. The monoisotopic (exact) mass is 377 g/mol. The summed E-state index contributed by atoms with van der Waals surface area (Å²) in [7, 11) is -3.74. The summed E-state index contributed by atoms with van der Waals surface area (Å²) < 4.78 is 30.1. The number of nitrogens with zero attached hydrogens (tertiary/aromatic N) is 2. The molecule has 0 saturated heterocycles. The molecule has 1 fully saturated rings. The fraction of sp³-hybridized carbons (Fsp3) is 0.500. The number of rotatable bonds is 6. The smallest absolute Gasteiger partial charge is 0.242 e. The Labute approximate surface area is 153 Å². The van der Waals surface area contributed by atoms with Crippen LogP contribution in [0.3, 0.4) is 0 Å². The molecular formula is C18H23N3O4S. The Balaban J connectivity index is 1.66. The number of nitrogens with one attached hydrogen (secondary N) is 1. The molecule has 1 aromatic heterocycles. The van der Waals surface area contributed by atoms with Crippen molar-refractivity contribution in [3.8, 4) is 11.4 Å². The zero-order valence-electron chi connectivity index (χ0n) is 14.9. The highest BCUT2D eigenvalue weighted by atomic mass is 32.2. The second kappa shape index (κ2) is 7.57. The predicted molar refractivity (Wildman–Crippen MR) is 97.0 cm³/mol. The first kappa shape index (κ1) is 18.6. The lowest BCUT2D eigenvalue weighted by Gasteiger charge is -2.16. The number of hydrogen-bond donors (Lipinski definition) is 1. The van der Waals surface area contributed by atoms with Gasteiger partial charge in [0.05, 0.1) is 0 Å². The molecule has 3 rings (SSSR count). The van der Waals surface area contributed by atoms with Crippen molar-refractivity contribution >= 4 is 15.7 Å². The largest absolute Gasteiger partial charge is 0.352 e. The van der Waals surface area contributed by atoms with Crippen molar-refractivity contribution in [1.29, 1.82) is 0 Å². The summed E-state index contributed by atoms with van der Waals surface area (Å²) in [6.07, 6.45) is 3.94. The fourth-order valence-corrected chi connectivity index (χ4v) is 4.09. The van der Waals surface area contributed by atoms with E-state index in [2.05, 4.69) is 15.5 Å². The van der Waals surface area contributed by atoms with Gasteiger partial charge >= 0.3 is 0 Å². The number of carbonyl (C=O) groups excluding carboxylic acids is 1. The SMILES string of the molecule is Cc1ccc(-c2noc(CS(=O)(=O)[C@@H](C)C(=O)NC3CCCC3)n2)cc1. The Bertz CT molecular complexity index is 868. The van der Waals surface area contributed by atoms with Gasteiger partial charge < -0.3 is 9.84 Å². The summed E-state index contributed by atoms with van der Waals surface area (Å²) in [6.45, 7) is 3.37. The minimum Gasteiger partial charge on any atom is -0.352 e. The molecule has 1 aliphatic rings. The maximum Gasteiger partial charge on any atom is 0.242 e. The molecule has 0 unspecified atom stereocenters. The van der Waals surface area contributed by atoms with Crippen LogP contribution in [0.4, 0.5) is 0 Å². The molecule has 0 bridgehead atoms. The molecule has 1 heterocycles. The van der Waals surface area contributed by atoms with Crippen molar-refractivity contribution in [3.63, 3.8) is 0 Å². The zero-order valence-corrected chi connectivity index (χ0v) is 15.8. The van der Waals surface area contributed by atoms with Gasteiger partial charge in [-0.2, -0.15) is 4.98 Å². The first-order chi connectivity index (χ1) is 12.3. The van der Waals surface area contributed by atoms with E-state index < -0.39 is 26.7 Å². The molecule has 2 aromatic rings. The van der Waals surface area contributed by atoms with Gasteiger partial charge in [0.2, 0.25) is 17.6 Å². The van der Waals surface area contributed by atoms with E-state index in [1.807, 2.05) is 31.2 Å². The highest BCUT2D eigenvalue weighted by molar-refractivity contribution is 7.92. The third kappa shape index (κ3) is 4.30. The molecule has 140 valence electrons. The van der Waals surface area contributed by atoms with E-state index in [-0.39, 0.29) is 11.9 Å². The van der Waals surface area contributed by atoms with Gasteiger partial charge in [-0.15, -0.1) is 0 Å². The lowest BCUT2D eigenvalue weighted by molar-refractivity contribution is -0.121. The molecule has 26 heavy (non-hydrogen) atoms. The van der Waals surface area contributed by atoms with Gasteiger partial charge in [0.25, 0.3) is 0 Å². The zero-order chi connectivity index (χ0) is 18.7. The van der Waals surface area contributed by atoms with Gasteiger partial charge in [0, 0.05) is 11.6 Å². The Morgan fingerprint density at radius 3 is 2.58 bits per heavy atom. The first-order valence-corrected chi connectivity index (χ1v) is 10.5. The van der Waals surface area contributed by atoms with Gasteiger partial charge in [-0.05, 0) is 26.7 Å². The van der Waals surface area contributed by atoms with Crippen molar-refractivity contribution in [1.82, 2.24) is 15.5 Å². The van der Waals surface area contributed by atoms with Crippen LogP contribution in [0.5, 0.6) is 0 Å². The van der Waals surface area contributed by atoms with E-state index in [0.717, 1.165) is 36.8 Å². The average Bonchev–Trinajstić information content (AvgIpc) is 3.26. The molecule has 1 saturated carbocycles. The second-order valence-electron chi connectivity index (χ2n) is 6.82. The van der Waals surface area contributed by atoms with Crippen LogP contribution in [-0.4, -0.2) is 35.8 Å². The van der Waals surface area contributed by atoms with Crippen LogP contribution < -0.4 is 5.32 Å². The third-order valence-electron chi connectivity index (χ3n) is 4.71. The molecule has 0 spiro atoms. The lowest BCUT2D eigenvalue weighted by Crippen LogP contribution is -2.42. The number of sulfone groups is 1.